The number of phosphoric acid groups is 1. The van der Waals surface area contributed by atoms with Crippen molar-refractivity contribution in [1.29, 1.82) is 0 Å². The Morgan fingerprint density at radius 3 is 1.48 bits per heavy atom. The number of hydrogen-bond donors (Lipinski definition) is 0. The molecule has 0 aliphatic heterocycles. The molecule has 180 valence electrons. The average molecular weight is 479 g/mol. The quantitative estimate of drug-likeness (QED) is 0.0875. The molecule has 0 spiro atoms. The molecular weight excluding hydrogens is 430 g/mol. The van der Waals surface area contributed by atoms with E-state index >= 15 is 0 Å². The smallest absolute Gasteiger partial charge is 0.756 e. The van der Waals surface area contributed by atoms with E-state index < -0.39 is 7.82 Å². The molecule has 0 rings (SSSR count). The summed E-state index contributed by atoms with van der Waals surface area (Å²) in [6.45, 7) is 14.9. The Morgan fingerprint density at radius 2 is 1.17 bits per heavy atom. The molecule has 0 aliphatic carbocycles. The van der Waals surface area contributed by atoms with E-state index in [0.29, 0.717) is 11.8 Å². The van der Waals surface area contributed by atoms with E-state index in [4.69, 9.17) is 9.05 Å². The molecule has 2 unspecified atom stereocenters. The third-order valence-electron chi connectivity index (χ3n) is 5.13. The second kappa shape index (κ2) is 24.9. The fraction of sp³-hybridized carbons (Fsp3) is 0.957. The van der Waals surface area contributed by atoms with Gasteiger partial charge in [0, 0.05) is 0 Å². The van der Waals surface area contributed by atoms with Crippen LogP contribution in [0.4, 0.5) is 0 Å². The molecule has 0 aromatic heterocycles. The summed E-state index contributed by atoms with van der Waals surface area (Å²) in [6, 6.07) is 0. The van der Waals surface area contributed by atoms with Crippen molar-refractivity contribution < 1.29 is 35.0 Å². The summed E-state index contributed by atoms with van der Waals surface area (Å²) in [5.41, 5.74) is 0. The Balaban J connectivity index is -0.000000721. The van der Waals surface area contributed by atoms with Crippen LogP contribution in [-0.2, 0) is 30.1 Å². The fourth-order valence-corrected chi connectivity index (χ4v) is 3.69. The first-order chi connectivity index (χ1) is 13.4. The Labute approximate surface area is 192 Å². The Bertz CT molecular complexity index is 328. The summed E-state index contributed by atoms with van der Waals surface area (Å²) in [5.74, 6) is 0.607. The second-order valence-corrected chi connectivity index (χ2v) is 9.20. The molecule has 0 saturated carbocycles. The minimum Gasteiger partial charge on any atom is -0.756 e. The van der Waals surface area contributed by atoms with Gasteiger partial charge in [-0.25, -0.2) is 0 Å². The normalized spacial score (nSPS) is 14.9. The van der Waals surface area contributed by atoms with Crippen molar-refractivity contribution in [3.05, 3.63) is 6.92 Å². The van der Waals surface area contributed by atoms with Gasteiger partial charge in [0.1, 0.15) is 0 Å². The van der Waals surface area contributed by atoms with Gasteiger partial charge < -0.3 is 20.9 Å². The summed E-state index contributed by atoms with van der Waals surface area (Å²) in [7, 11) is -4.14. The van der Waals surface area contributed by atoms with Gasteiger partial charge >= 0.3 is 16.5 Å². The maximum Gasteiger partial charge on any atom is 2.00 e. The average Bonchev–Trinajstić information content (AvgIpc) is 2.69. The van der Waals surface area contributed by atoms with Gasteiger partial charge in [-0.05, 0) is 24.7 Å². The van der Waals surface area contributed by atoms with Gasteiger partial charge in [-0.15, -0.1) is 0 Å². The zero-order valence-electron chi connectivity index (χ0n) is 19.9. The maximum atomic E-state index is 11.8. The van der Waals surface area contributed by atoms with Gasteiger partial charge in [0.2, 0.25) is 0 Å². The van der Waals surface area contributed by atoms with Crippen molar-refractivity contribution in [2.45, 2.75) is 118 Å². The van der Waals surface area contributed by atoms with E-state index in [0.717, 1.165) is 57.8 Å². The zero-order valence-corrected chi connectivity index (χ0v) is 21.7. The molecule has 0 radical (unpaired) electrons. The van der Waals surface area contributed by atoms with Crippen LogP contribution in [0.2, 0.25) is 0 Å². The van der Waals surface area contributed by atoms with Crippen LogP contribution in [0.25, 0.3) is 0 Å². The van der Waals surface area contributed by atoms with Gasteiger partial charge in [-0.1, -0.05) is 98.8 Å². The van der Waals surface area contributed by atoms with Gasteiger partial charge in [0.15, 0.2) is 0 Å². The van der Waals surface area contributed by atoms with Gasteiger partial charge in [-0.3, -0.25) is 4.57 Å². The summed E-state index contributed by atoms with van der Waals surface area (Å²) in [6.07, 6.45) is 14.9. The molecule has 0 aromatic rings. The molecule has 0 N–H and O–H groups in total. The van der Waals surface area contributed by atoms with E-state index in [1.165, 1.54) is 25.7 Å². The molecule has 2 atom stereocenters. The minimum atomic E-state index is -4.14. The van der Waals surface area contributed by atoms with Crippen LogP contribution in [-0.4, -0.2) is 13.2 Å². The van der Waals surface area contributed by atoms with Crippen LogP contribution >= 0.6 is 7.82 Å². The molecule has 0 fully saturated rings. The van der Waals surface area contributed by atoms with Crippen LogP contribution in [0.5, 0.6) is 0 Å². The number of phosphoric ester groups is 1. The molecule has 6 heteroatoms. The standard InChI is InChI=1S/C16H35O4P.C7H15.Ni/c1-5-9-11-15(7-3)13-19-21(17,18)20-14-16(8-4)12-10-6-2;1-3-5-7-6-4-2;/h15-16H,5-14H2,1-4H3,(H,17,18);1,3-7H2,2H3;/q;-1;+2/p-1. The van der Waals surface area contributed by atoms with E-state index in [-0.39, 0.29) is 29.7 Å². The van der Waals surface area contributed by atoms with Crippen molar-refractivity contribution in [2.24, 2.45) is 11.8 Å². The van der Waals surface area contributed by atoms with Crippen molar-refractivity contribution in [2.75, 3.05) is 13.2 Å². The van der Waals surface area contributed by atoms with Crippen LogP contribution in [0.15, 0.2) is 0 Å². The van der Waals surface area contributed by atoms with Crippen LogP contribution < -0.4 is 4.89 Å². The van der Waals surface area contributed by atoms with E-state index in [1.807, 2.05) is 0 Å². The molecule has 0 amide bonds. The monoisotopic (exact) mass is 478 g/mol. The van der Waals surface area contributed by atoms with Crippen LogP contribution in [0.1, 0.15) is 118 Å². The first kappa shape index (κ1) is 34.2. The van der Waals surface area contributed by atoms with Crippen molar-refractivity contribution in [1.82, 2.24) is 0 Å². The molecule has 0 bridgehead atoms. The predicted octanol–water partition coefficient (Wildman–Crippen LogP) is 7.71. The summed E-state index contributed by atoms with van der Waals surface area (Å²) < 4.78 is 21.9. The Kier molecular flexibility index (Phi) is 29.3. The van der Waals surface area contributed by atoms with Gasteiger partial charge in [-0.2, -0.15) is 6.42 Å². The maximum absolute atomic E-state index is 11.8. The first-order valence-corrected chi connectivity index (χ1v) is 13.3. The first-order valence-electron chi connectivity index (χ1n) is 11.8. The number of hydrogen-bond acceptors (Lipinski definition) is 4. The molecule has 0 heterocycles. The molecule has 0 aliphatic rings. The molecular formula is C23H49NiO4P. The molecule has 0 aromatic carbocycles. The van der Waals surface area contributed by atoms with E-state index in [1.54, 1.807) is 0 Å². The Hall–Kier alpha value is 0.604. The van der Waals surface area contributed by atoms with Crippen LogP contribution in [0.3, 0.4) is 0 Å². The van der Waals surface area contributed by atoms with Crippen molar-refractivity contribution in [3.63, 3.8) is 0 Å². The number of unbranched alkanes of at least 4 members (excludes halogenated alkanes) is 6. The van der Waals surface area contributed by atoms with E-state index in [9.17, 15) is 9.46 Å². The van der Waals surface area contributed by atoms with Gasteiger partial charge in [0.25, 0.3) is 7.82 Å². The third-order valence-corrected chi connectivity index (χ3v) is 6.06. The van der Waals surface area contributed by atoms with E-state index in [2.05, 4.69) is 41.5 Å². The molecule has 29 heavy (non-hydrogen) atoms. The zero-order chi connectivity index (χ0) is 21.7. The second-order valence-electron chi connectivity index (χ2n) is 7.79. The topological polar surface area (TPSA) is 58.6 Å². The minimum absolute atomic E-state index is 0. The van der Waals surface area contributed by atoms with Crippen molar-refractivity contribution >= 4 is 7.82 Å². The summed E-state index contributed by atoms with van der Waals surface area (Å²) in [4.78, 5) is 11.8. The Morgan fingerprint density at radius 1 is 0.759 bits per heavy atom. The molecule has 0 saturated heterocycles. The molecule has 4 nitrogen and oxygen atoms in total. The van der Waals surface area contributed by atoms with Crippen LogP contribution in [0, 0.1) is 18.8 Å². The largest absolute Gasteiger partial charge is 2.00 e. The third kappa shape index (κ3) is 24.7. The summed E-state index contributed by atoms with van der Waals surface area (Å²) in [5, 5.41) is 0. The number of rotatable bonds is 18. The van der Waals surface area contributed by atoms with Gasteiger partial charge in [0.05, 0.1) is 13.2 Å². The fourth-order valence-electron chi connectivity index (χ4n) is 2.83. The van der Waals surface area contributed by atoms with Crippen molar-refractivity contribution in [3.8, 4) is 0 Å². The summed E-state index contributed by atoms with van der Waals surface area (Å²) >= 11 is 0. The predicted molar refractivity (Wildman–Crippen MR) is 120 cm³/mol. The SMILES string of the molecule is CCCCC(CC)COP(=O)([O-])OCC(CC)CCCC.[CH2-]CCCCCC.[Ni+2].